The molecule has 1 saturated carbocycles. The van der Waals surface area contributed by atoms with E-state index < -0.39 is 0 Å². The highest BCUT2D eigenvalue weighted by atomic mass is 32.2. The molecule has 0 spiro atoms. The third-order valence-corrected chi connectivity index (χ3v) is 7.08. The molecule has 20 heavy (non-hydrogen) atoms. The molecule has 2 heterocycles. The summed E-state index contributed by atoms with van der Waals surface area (Å²) in [7, 11) is 0. The molecule has 1 aromatic rings. The summed E-state index contributed by atoms with van der Waals surface area (Å²) in [6, 6.07) is 0. The predicted octanol–water partition coefficient (Wildman–Crippen LogP) is 3.37. The molecule has 1 saturated heterocycles. The van der Waals surface area contributed by atoms with Crippen LogP contribution in [0.4, 0.5) is 0 Å². The smallest absolute Gasteiger partial charge is 0.0796 e. The van der Waals surface area contributed by atoms with Crippen molar-refractivity contribution in [2.45, 2.75) is 51.5 Å². The number of hydrogen-bond donors (Lipinski definition) is 1. The molecule has 1 aliphatic heterocycles. The van der Waals surface area contributed by atoms with E-state index in [1.54, 1.807) is 0 Å². The first-order valence-electron chi connectivity index (χ1n) is 7.63. The fourth-order valence-electron chi connectivity index (χ4n) is 2.78. The summed E-state index contributed by atoms with van der Waals surface area (Å²) in [5.74, 6) is 1.95. The number of fused-ring (bicyclic) bond motifs is 1. The van der Waals surface area contributed by atoms with Gasteiger partial charge in [-0.2, -0.15) is 5.10 Å². The predicted molar refractivity (Wildman–Crippen MR) is 85.1 cm³/mol. The fourth-order valence-corrected chi connectivity index (χ4v) is 4.03. The first-order valence-corrected chi connectivity index (χ1v) is 8.62. The number of piperidine rings is 1. The van der Waals surface area contributed by atoms with Crippen molar-refractivity contribution in [2.24, 2.45) is 16.7 Å². The molecular formula is C16H27N3S. The Labute approximate surface area is 126 Å². The number of thioether (sulfide) groups is 1. The van der Waals surface area contributed by atoms with Crippen LogP contribution in [0.2, 0.25) is 0 Å². The zero-order valence-corrected chi connectivity index (χ0v) is 14.2. The van der Waals surface area contributed by atoms with Crippen molar-refractivity contribution in [3.63, 3.8) is 0 Å². The van der Waals surface area contributed by atoms with Gasteiger partial charge in [0.05, 0.1) is 11.7 Å². The summed E-state index contributed by atoms with van der Waals surface area (Å²) in [5.41, 5.74) is 0.957. The van der Waals surface area contributed by atoms with Crippen LogP contribution in [0.3, 0.4) is 0 Å². The molecular weight excluding hydrogens is 266 g/mol. The van der Waals surface area contributed by atoms with Crippen LogP contribution in [-0.2, 0) is 5.54 Å². The van der Waals surface area contributed by atoms with Gasteiger partial charge >= 0.3 is 0 Å². The molecule has 0 aromatic carbocycles. The number of hydrogen-bond acceptors (Lipinski definition) is 3. The Kier molecular flexibility index (Phi) is 3.26. The van der Waals surface area contributed by atoms with Crippen LogP contribution in [0.5, 0.6) is 0 Å². The van der Waals surface area contributed by atoms with Gasteiger partial charge in [0.25, 0.3) is 0 Å². The van der Waals surface area contributed by atoms with Crippen LogP contribution >= 0.6 is 11.8 Å². The lowest BCUT2D eigenvalue weighted by Crippen LogP contribution is -2.31. The summed E-state index contributed by atoms with van der Waals surface area (Å²) in [4.78, 5) is 1.31. The van der Waals surface area contributed by atoms with Crippen molar-refractivity contribution in [2.75, 3.05) is 18.8 Å². The molecule has 2 aliphatic rings. The fraction of sp³-hybridized carbons (Fsp3) is 0.812. The van der Waals surface area contributed by atoms with E-state index in [9.17, 15) is 0 Å². The Balaban J connectivity index is 1.64. The average Bonchev–Trinajstić information content (AvgIpc) is 2.78. The van der Waals surface area contributed by atoms with Gasteiger partial charge in [-0.1, -0.05) is 34.6 Å². The lowest BCUT2D eigenvalue weighted by atomic mass is 9.71. The van der Waals surface area contributed by atoms with Crippen molar-refractivity contribution in [1.82, 2.24) is 15.1 Å². The van der Waals surface area contributed by atoms with Gasteiger partial charge < -0.3 is 5.32 Å². The van der Waals surface area contributed by atoms with Gasteiger partial charge in [0.1, 0.15) is 0 Å². The van der Waals surface area contributed by atoms with Crippen molar-refractivity contribution in [1.29, 1.82) is 0 Å². The summed E-state index contributed by atoms with van der Waals surface area (Å²) in [5, 5.41) is 8.11. The second-order valence-electron chi connectivity index (χ2n) is 8.18. The summed E-state index contributed by atoms with van der Waals surface area (Å²) >= 11 is 1.95. The first-order chi connectivity index (χ1) is 9.25. The maximum Gasteiger partial charge on any atom is 0.0796 e. The topological polar surface area (TPSA) is 29.9 Å². The number of aromatic nitrogens is 2. The van der Waals surface area contributed by atoms with Crippen molar-refractivity contribution >= 4 is 11.8 Å². The summed E-state index contributed by atoms with van der Waals surface area (Å²) in [6.45, 7) is 14.0. The van der Waals surface area contributed by atoms with Gasteiger partial charge in [-0.3, -0.25) is 4.68 Å². The van der Waals surface area contributed by atoms with Gasteiger partial charge in [-0.15, -0.1) is 11.8 Å². The zero-order valence-electron chi connectivity index (χ0n) is 13.4. The number of nitrogens with zero attached hydrogens (tertiary/aromatic N) is 2. The summed E-state index contributed by atoms with van der Waals surface area (Å²) < 4.78 is 2.23. The molecule has 1 N–H and O–H groups in total. The normalized spacial score (nSPS) is 29.6. The van der Waals surface area contributed by atoms with Crippen LogP contribution in [0.25, 0.3) is 0 Å². The van der Waals surface area contributed by atoms with Crippen LogP contribution in [0.1, 0.15) is 41.0 Å². The van der Waals surface area contributed by atoms with Crippen LogP contribution < -0.4 is 5.32 Å². The van der Waals surface area contributed by atoms with E-state index in [1.165, 1.54) is 17.9 Å². The minimum absolute atomic E-state index is 0.315. The van der Waals surface area contributed by atoms with Gasteiger partial charge in [-0.05, 0) is 17.3 Å². The summed E-state index contributed by atoms with van der Waals surface area (Å²) in [6.07, 6.45) is 5.61. The van der Waals surface area contributed by atoms with Gasteiger partial charge in [-0.25, -0.2) is 0 Å². The highest BCUT2D eigenvalue weighted by Gasteiger charge is 2.59. The Morgan fingerprint density at radius 1 is 1.40 bits per heavy atom. The number of rotatable bonds is 4. The second-order valence-corrected chi connectivity index (χ2v) is 9.23. The van der Waals surface area contributed by atoms with Gasteiger partial charge in [0.15, 0.2) is 0 Å². The van der Waals surface area contributed by atoms with E-state index >= 15 is 0 Å². The molecule has 4 heteroatoms. The quantitative estimate of drug-likeness (QED) is 0.863. The van der Waals surface area contributed by atoms with Gasteiger partial charge in [0, 0.05) is 35.9 Å². The van der Waals surface area contributed by atoms with E-state index in [0.717, 1.165) is 18.2 Å². The Morgan fingerprint density at radius 2 is 2.15 bits per heavy atom. The monoisotopic (exact) mass is 293 g/mol. The van der Waals surface area contributed by atoms with Crippen LogP contribution in [0, 0.1) is 16.7 Å². The second kappa shape index (κ2) is 4.51. The zero-order chi connectivity index (χ0) is 14.6. The molecule has 2 unspecified atom stereocenters. The maximum absolute atomic E-state index is 4.63. The Morgan fingerprint density at radius 3 is 2.70 bits per heavy atom. The van der Waals surface area contributed by atoms with Crippen LogP contribution in [0.15, 0.2) is 17.3 Å². The highest BCUT2D eigenvalue weighted by molar-refractivity contribution is 7.99. The standard InChI is InChI=1S/C16H27N3S/c1-14(2,3)15(4,5)11-20-13-8-18-19(9-13)16-6-12(16)7-17-10-16/h8-9,12,17H,6-7,10-11H2,1-5H3. The molecule has 0 amide bonds. The largest absolute Gasteiger partial charge is 0.314 e. The third-order valence-electron chi connectivity index (χ3n) is 5.67. The molecule has 3 nitrogen and oxygen atoms in total. The van der Waals surface area contributed by atoms with Crippen molar-refractivity contribution in [3.8, 4) is 0 Å². The van der Waals surface area contributed by atoms with Gasteiger partial charge in [0.2, 0.25) is 0 Å². The molecule has 2 atom stereocenters. The Hall–Kier alpha value is -0.480. The maximum atomic E-state index is 4.63. The lowest BCUT2D eigenvalue weighted by Gasteiger charge is -2.38. The molecule has 2 fully saturated rings. The van der Waals surface area contributed by atoms with E-state index in [2.05, 4.69) is 55.9 Å². The Bertz CT molecular complexity index is 500. The van der Waals surface area contributed by atoms with E-state index in [0.29, 0.717) is 16.4 Å². The first kappa shape index (κ1) is 14.5. The molecule has 0 radical (unpaired) electrons. The average molecular weight is 293 g/mol. The van der Waals surface area contributed by atoms with Crippen molar-refractivity contribution in [3.05, 3.63) is 12.4 Å². The molecule has 1 aromatic heterocycles. The third kappa shape index (κ3) is 2.31. The van der Waals surface area contributed by atoms with Crippen LogP contribution in [-0.4, -0.2) is 28.6 Å². The van der Waals surface area contributed by atoms with E-state index in [4.69, 9.17) is 0 Å². The van der Waals surface area contributed by atoms with E-state index in [-0.39, 0.29) is 0 Å². The minimum atomic E-state index is 0.315. The minimum Gasteiger partial charge on any atom is -0.314 e. The molecule has 1 aliphatic carbocycles. The SMILES string of the molecule is CC(C)(C)C(C)(C)CSc1cnn(C23CNCC2C3)c1. The number of nitrogens with one attached hydrogen (secondary N) is 1. The van der Waals surface area contributed by atoms with Crippen molar-refractivity contribution < 1.29 is 0 Å². The highest BCUT2D eigenvalue weighted by Crippen LogP contribution is 2.52. The lowest BCUT2D eigenvalue weighted by molar-refractivity contribution is 0.162. The molecule has 112 valence electrons. The molecule has 3 rings (SSSR count). The van der Waals surface area contributed by atoms with E-state index in [1.807, 2.05) is 18.0 Å². The molecule has 0 bridgehead atoms.